The molecule has 3 aromatic heterocycles. The van der Waals surface area contributed by atoms with Crippen LogP contribution in [-0.2, 0) is 6.42 Å². The number of aromatic nitrogens is 4. The van der Waals surface area contributed by atoms with Gasteiger partial charge in [0.15, 0.2) is 16.1 Å². The Morgan fingerprint density at radius 3 is 2.60 bits per heavy atom. The maximum Gasteiger partial charge on any atom is 0.324 e. The summed E-state index contributed by atoms with van der Waals surface area (Å²) in [6.45, 7) is 6.29. The molecule has 4 heterocycles. The van der Waals surface area contributed by atoms with Crippen molar-refractivity contribution in [2.24, 2.45) is 0 Å². The number of nitrogens with zero attached hydrogens (tertiary/aromatic N) is 6. The van der Waals surface area contributed by atoms with Crippen LogP contribution in [0.2, 0.25) is 0 Å². The molecule has 40 heavy (non-hydrogen) atoms. The highest BCUT2D eigenvalue weighted by Gasteiger charge is 2.19. The number of carbonyl (C=O) groups is 1. The third-order valence-corrected chi connectivity index (χ3v) is 7.81. The lowest BCUT2D eigenvalue weighted by molar-refractivity contribution is 0.188. The van der Waals surface area contributed by atoms with Crippen molar-refractivity contribution in [2.75, 3.05) is 66.4 Å². The number of thioether (sulfide) groups is 1. The number of anilines is 5. The van der Waals surface area contributed by atoms with Gasteiger partial charge in [0.1, 0.15) is 17.4 Å². The first kappa shape index (κ1) is 27.8. The number of piperazine rings is 1. The second kappa shape index (κ2) is 13.1. The van der Waals surface area contributed by atoms with E-state index in [1.807, 2.05) is 49.7 Å². The predicted molar refractivity (Wildman–Crippen MR) is 159 cm³/mol. The van der Waals surface area contributed by atoms with Crippen LogP contribution in [0.25, 0.3) is 10.4 Å². The first-order valence-electron chi connectivity index (χ1n) is 12.9. The van der Waals surface area contributed by atoms with Crippen LogP contribution in [0.5, 0.6) is 0 Å². The fourth-order valence-corrected chi connectivity index (χ4v) is 5.39. The third kappa shape index (κ3) is 7.07. The molecule has 210 valence electrons. The van der Waals surface area contributed by atoms with Gasteiger partial charge in [0, 0.05) is 63.2 Å². The lowest BCUT2D eigenvalue weighted by Gasteiger charge is -2.35. The molecule has 0 aliphatic carbocycles. The zero-order valence-electron chi connectivity index (χ0n) is 22.3. The number of β-amino-alcohol motifs (C(OH)–C–C–N with tert-alkyl or cyclic N) is 1. The standard InChI is InChI=1S/C26H31N9O3S2/c1-3-19-14-22(33-38-19)29-24(37)28-18-6-4-17(5-7-18)20-16-27-25(40-20)30-21-15-23(32-26(31-21)39-2)35-10-8-34(9-11-35)12-13-36/h4-7,14-16,36H,3,8-13H2,1-2H3,(H,27,30,31,32)(H2,28,29,33,37). The molecule has 4 aromatic rings. The topological polar surface area (TPSA) is 145 Å². The average Bonchev–Trinajstić information content (AvgIpc) is 3.63. The van der Waals surface area contributed by atoms with Crippen LogP contribution in [0, 0.1) is 0 Å². The number of nitrogens with one attached hydrogen (secondary N) is 3. The van der Waals surface area contributed by atoms with Crippen molar-refractivity contribution in [3.8, 4) is 10.4 Å². The molecule has 0 radical (unpaired) electrons. The molecule has 14 heteroatoms. The molecule has 5 rings (SSSR count). The van der Waals surface area contributed by atoms with E-state index in [1.165, 1.54) is 23.1 Å². The number of rotatable bonds is 10. The maximum absolute atomic E-state index is 12.3. The van der Waals surface area contributed by atoms with E-state index in [4.69, 9.17) is 9.51 Å². The largest absolute Gasteiger partial charge is 0.395 e. The van der Waals surface area contributed by atoms with Crippen LogP contribution in [0.15, 0.2) is 52.3 Å². The molecular formula is C26H31N9O3S2. The Labute approximate surface area is 240 Å². The Morgan fingerprint density at radius 2 is 1.90 bits per heavy atom. The van der Waals surface area contributed by atoms with Crippen LogP contribution >= 0.6 is 23.1 Å². The summed E-state index contributed by atoms with van der Waals surface area (Å²) in [4.78, 5) is 31.6. The van der Waals surface area contributed by atoms with Crippen LogP contribution in [0.4, 0.5) is 33.1 Å². The number of aliphatic hydroxyl groups excluding tert-OH is 1. The molecule has 4 N–H and O–H groups in total. The molecule has 0 atom stereocenters. The molecule has 0 spiro atoms. The smallest absolute Gasteiger partial charge is 0.324 e. The van der Waals surface area contributed by atoms with Gasteiger partial charge in [-0.15, -0.1) is 0 Å². The van der Waals surface area contributed by atoms with Crippen molar-refractivity contribution < 1.29 is 14.4 Å². The summed E-state index contributed by atoms with van der Waals surface area (Å²) < 4.78 is 5.10. The van der Waals surface area contributed by atoms with E-state index < -0.39 is 6.03 Å². The van der Waals surface area contributed by atoms with Gasteiger partial charge in [0.05, 0.1) is 11.5 Å². The number of carbonyl (C=O) groups excluding carboxylic acids is 1. The van der Waals surface area contributed by atoms with E-state index in [9.17, 15) is 9.90 Å². The highest BCUT2D eigenvalue weighted by atomic mass is 32.2. The molecule has 0 unspecified atom stereocenters. The summed E-state index contributed by atoms with van der Waals surface area (Å²) in [7, 11) is 0. The molecule has 1 aliphatic rings. The van der Waals surface area contributed by atoms with Gasteiger partial charge in [-0.25, -0.2) is 19.7 Å². The summed E-state index contributed by atoms with van der Waals surface area (Å²) in [6.07, 6.45) is 4.48. The van der Waals surface area contributed by atoms with Crippen LogP contribution < -0.4 is 20.9 Å². The number of aliphatic hydroxyl groups is 1. The lowest BCUT2D eigenvalue weighted by atomic mass is 10.2. The number of benzene rings is 1. The second-order valence-electron chi connectivity index (χ2n) is 8.99. The highest BCUT2D eigenvalue weighted by molar-refractivity contribution is 7.98. The molecule has 1 aliphatic heterocycles. The van der Waals surface area contributed by atoms with E-state index in [0.717, 1.165) is 47.6 Å². The summed E-state index contributed by atoms with van der Waals surface area (Å²) in [5, 5.41) is 23.2. The van der Waals surface area contributed by atoms with Crippen LogP contribution in [0.1, 0.15) is 12.7 Å². The molecular weight excluding hydrogens is 550 g/mol. The van der Waals surface area contributed by atoms with Gasteiger partial charge < -0.3 is 25.2 Å². The number of hydrogen-bond acceptors (Lipinski definition) is 12. The van der Waals surface area contributed by atoms with Crippen molar-refractivity contribution in [3.05, 3.63) is 48.4 Å². The van der Waals surface area contributed by atoms with E-state index in [-0.39, 0.29) is 6.61 Å². The SMILES string of the molecule is CCc1cc(NC(=O)Nc2ccc(-c3cnc(Nc4cc(N5CCN(CCO)CC5)nc(SC)n4)s3)cc2)no1. The second-order valence-corrected chi connectivity index (χ2v) is 10.8. The molecule has 1 fully saturated rings. The normalized spacial score (nSPS) is 13.8. The fourth-order valence-electron chi connectivity index (χ4n) is 4.18. The maximum atomic E-state index is 12.3. The molecule has 1 aromatic carbocycles. The molecule has 2 amide bonds. The average molecular weight is 582 g/mol. The van der Waals surface area contributed by atoms with E-state index in [1.54, 1.807) is 6.07 Å². The Balaban J connectivity index is 1.21. The zero-order valence-corrected chi connectivity index (χ0v) is 23.9. The van der Waals surface area contributed by atoms with Gasteiger partial charge >= 0.3 is 6.03 Å². The fraction of sp³-hybridized carbons (Fsp3) is 0.346. The third-order valence-electron chi connectivity index (χ3n) is 6.30. The predicted octanol–water partition coefficient (Wildman–Crippen LogP) is 4.37. The van der Waals surface area contributed by atoms with E-state index in [2.05, 4.69) is 40.9 Å². The monoisotopic (exact) mass is 581 g/mol. The number of hydrogen-bond donors (Lipinski definition) is 4. The minimum absolute atomic E-state index is 0.177. The minimum Gasteiger partial charge on any atom is -0.395 e. The number of urea groups is 1. The van der Waals surface area contributed by atoms with Crippen molar-refractivity contribution in [1.29, 1.82) is 0 Å². The van der Waals surface area contributed by atoms with E-state index in [0.29, 0.717) is 41.2 Å². The molecule has 12 nitrogen and oxygen atoms in total. The lowest BCUT2D eigenvalue weighted by Crippen LogP contribution is -2.47. The van der Waals surface area contributed by atoms with Gasteiger partial charge in [0.25, 0.3) is 0 Å². The highest BCUT2D eigenvalue weighted by Crippen LogP contribution is 2.32. The Morgan fingerprint density at radius 1 is 1.10 bits per heavy atom. The molecule has 0 bridgehead atoms. The zero-order chi connectivity index (χ0) is 27.9. The van der Waals surface area contributed by atoms with Crippen molar-refractivity contribution in [1.82, 2.24) is 25.0 Å². The molecule has 1 saturated heterocycles. The Hall–Kier alpha value is -3.72. The van der Waals surface area contributed by atoms with Gasteiger partial charge in [0.2, 0.25) is 0 Å². The first-order chi connectivity index (χ1) is 19.5. The Kier molecular flexibility index (Phi) is 9.11. The van der Waals surface area contributed by atoms with Crippen LogP contribution in [-0.4, -0.2) is 81.7 Å². The van der Waals surface area contributed by atoms with E-state index >= 15 is 0 Å². The van der Waals surface area contributed by atoms with Gasteiger partial charge in [-0.1, -0.05) is 47.3 Å². The van der Waals surface area contributed by atoms with Crippen molar-refractivity contribution >= 4 is 57.4 Å². The summed E-state index contributed by atoms with van der Waals surface area (Å²) in [6, 6.07) is 10.8. The summed E-state index contributed by atoms with van der Waals surface area (Å²) in [5.41, 5.74) is 1.63. The molecule has 0 saturated carbocycles. The summed E-state index contributed by atoms with van der Waals surface area (Å²) >= 11 is 3.01. The van der Waals surface area contributed by atoms with Crippen molar-refractivity contribution in [3.63, 3.8) is 0 Å². The van der Waals surface area contributed by atoms with Gasteiger partial charge in [-0.3, -0.25) is 10.2 Å². The number of thiazole rings is 1. The summed E-state index contributed by atoms with van der Waals surface area (Å²) in [5.74, 6) is 2.65. The first-order valence-corrected chi connectivity index (χ1v) is 14.9. The van der Waals surface area contributed by atoms with Gasteiger partial charge in [-0.05, 0) is 24.0 Å². The number of amides is 2. The van der Waals surface area contributed by atoms with Crippen molar-refractivity contribution in [2.45, 2.75) is 18.5 Å². The van der Waals surface area contributed by atoms with Crippen LogP contribution in [0.3, 0.4) is 0 Å². The quantitative estimate of drug-likeness (QED) is 0.156. The number of aryl methyl sites for hydroxylation is 1. The minimum atomic E-state index is -0.395. The Bertz CT molecular complexity index is 1420. The van der Waals surface area contributed by atoms with Gasteiger partial charge in [-0.2, -0.15) is 0 Å².